The summed E-state index contributed by atoms with van der Waals surface area (Å²) in [6.07, 6.45) is 1.26. The second-order valence-corrected chi connectivity index (χ2v) is 7.88. The van der Waals surface area contributed by atoms with Gasteiger partial charge in [0.05, 0.1) is 0 Å². The molecule has 1 saturated heterocycles. The van der Waals surface area contributed by atoms with Gasteiger partial charge in [-0.1, -0.05) is 25.1 Å². The van der Waals surface area contributed by atoms with Gasteiger partial charge < -0.3 is 4.90 Å². The molecule has 3 rings (SSSR count). The molecule has 0 amide bonds. The molecule has 0 aliphatic carbocycles. The van der Waals surface area contributed by atoms with Gasteiger partial charge in [-0.15, -0.1) is 11.8 Å². The highest BCUT2D eigenvalue weighted by Crippen LogP contribution is 2.37. The van der Waals surface area contributed by atoms with Crippen LogP contribution in [0.15, 0.2) is 29.2 Å². The molecule has 1 aromatic carbocycles. The second-order valence-electron chi connectivity index (χ2n) is 4.99. The third-order valence-electron chi connectivity index (χ3n) is 3.50. The van der Waals surface area contributed by atoms with Crippen LogP contribution in [0.3, 0.4) is 0 Å². The number of rotatable bonds is 2. The molecule has 0 aromatic heterocycles. The Morgan fingerprint density at radius 3 is 3.06 bits per heavy atom. The van der Waals surface area contributed by atoms with Crippen LogP contribution in [0.5, 0.6) is 0 Å². The van der Waals surface area contributed by atoms with E-state index in [2.05, 4.69) is 59.6 Å². The van der Waals surface area contributed by atoms with E-state index in [-0.39, 0.29) is 0 Å². The average Bonchev–Trinajstić information content (AvgIpc) is 2.71. The fourth-order valence-corrected chi connectivity index (χ4v) is 5.15. The van der Waals surface area contributed by atoms with E-state index in [9.17, 15) is 0 Å². The molecule has 1 nitrogen and oxygen atoms in total. The first-order valence-electron chi connectivity index (χ1n) is 6.40. The van der Waals surface area contributed by atoms with E-state index in [1.165, 1.54) is 36.7 Å². The summed E-state index contributed by atoms with van der Waals surface area (Å²) in [5.74, 6) is 1.31. The summed E-state index contributed by atoms with van der Waals surface area (Å²) in [5.41, 5.74) is 1.56. The zero-order chi connectivity index (χ0) is 11.7. The van der Waals surface area contributed by atoms with Gasteiger partial charge in [0.25, 0.3) is 0 Å². The maximum atomic E-state index is 2.66. The van der Waals surface area contributed by atoms with Gasteiger partial charge in [-0.05, 0) is 18.1 Å². The molecule has 2 aliphatic heterocycles. The van der Waals surface area contributed by atoms with Crippen molar-refractivity contribution in [1.29, 1.82) is 0 Å². The van der Waals surface area contributed by atoms with E-state index in [4.69, 9.17) is 0 Å². The van der Waals surface area contributed by atoms with Crippen molar-refractivity contribution in [3.63, 3.8) is 0 Å². The minimum Gasteiger partial charge on any atom is -0.300 e. The first-order chi connectivity index (χ1) is 8.31. The average molecular weight is 265 g/mol. The van der Waals surface area contributed by atoms with Gasteiger partial charge >= 0.3 is 0 Å². The molecule has 2 unspecified atom stereocenters. The van der Waals surface area contributed by atoms with Gasteiger partial charge in [0.1, 0.15) is 0 Å². The first-order valence-corrected chi connectivity index (χ1v) is 8.32. The topological polar surface area (TPSA) is 3.24 Å². The molecule has 1 aromatic rings. The number of hydrogen-bond donors (Lipinski definition) is 0. The van der Waals surface area contributed by atoms with Crippen molar-refractivity contribution in [2.24, 2.45) is 0 Å². The minimum absolute atomic E-state index is 0.780. The van der Waals surface area contributed by atoms with Crippen LogP contribution in [0.1, 0.15) is 12.5 Å². The fraction of sp³-hybridized carbons (Fsp3) is 0.571. The van der Waals surface area contributed by atoms with Gasteiger partial charge in [-0.3, -0.25) is 0 Å². The van der Waals surface area contributed by atoms with Crippen molar-refractivity contribution in [3.8, 4) is 0 Å². The van der Waals surface area contributed by atoms with Crippen LogP contribution in [0.4, 0.5) is 0 Å². The number of hydrogen-bond acceptors (Lipinski definition) is 3. The van der Waals surface area contributed by atoms with Gasteiger partial charge in [0.2, 0.25) is 0 Å². The van der Waals surface area contributed by atoms with Gasteiger partial charge in [-0.25, -0.2) is 0 Å². The van der Waals surface area contributed by atoms with E-state index in [0.29, 0.717) is 0 Å². The van der Waals surface area contributed by atoms with E-state index in [0.717, 1.165) is 10.5 Å². The third-order valence-corrected chi connectivity index (χ3v) is 5.94. The lowest BCUT2D eigenvalue weighted by atomic mass is 10.1. The van der Waals surface area contributed by atoms with Crippen molar-refractivity contribution in [2.75, 3.05) is 25.4 Å². The molecule has 17 heavy (non-hydrogen) atoms. The molecular formula is C14H19NS2. The first kappa shape index (κ1) is 11.9. The highest BCUT2D eigenvalue weighted by atomic mass is 32.2. The lowest BCUT2D eigenvalue weighted by Gasteiger charge is -2.32. The van der Waals surface area contributed by atoms with Crippen LogP contribution in [-0.2, 0) is 6.42 Å². The summed E-state index contributed by atoms with van der Waals surface area (Å²) < 4.78 is 0. The highest BCUT2D eigenvalue weighted by Gasteiger charge is 2.25. The lowest BCUT2D eigenvalue weighted by molar-refractivity contribution is 0.287. The van der Waals surface area contributed by atoms with Gasteiger partial charge in [0.15, 0.2) is 0 Å². The monoisotopic (exact) mass is 265 g/mol. The Morgan fingerprint density at radius 1 is 1.35 bits per heavy atom. The highest BCUT2D eigenvalue weighted by molar-refractivity contribution is 8.00. The number of nitrogens with zero attached hydrogens (tertiary/aromatic N) is 1. The Balaban J connectivity index is 1.58. The lowest BCUT2D eigenvalue weighted by Crippen LogP contribution is -2.40. The molecule has 92 valence electrons. The Hall–Kier alpha value is -0.120. The van der Waals surface area contributed by atoms with Crippen molar-refractivity contribution in [2.45, 2.75) is 28.7 Å². The molecule has 0 N–H and O–H groups in total. The van der Waals surface area contributed by atoms with Crippen molar-refractivity contribution >= 4 is 23.5 Å². The zero-order valence-electron chi connectivity index (χ0n) is 10.3. The molecule has 2 heterocycles. The third kappa shape index (κ3) is 2.83. The largest absolute Gasteiger partial charge is 0.300 e. The van der Waals surface area contributed by atoms with Crippen molar-refractivity contribution < 1.29 is 0 Å². The quantitative estimate of drug-likeness (QED) is 0.809. The summed E-state index contributed by atoms with van der Waals surface area (Å²) in [4.78, 5) is 4.17. The van der Waals surface area contributed by atoms with E-state index in [1.54, 1.807) is 5.56 Å². The number of thioether (sulfide) groups is 2. The predicted octanol–water partition coefficient (Wildman–Crippen LogP) is 3.14. The van der Waals surface area contributed by atoms with Crippen LogP contribution in [-0.4, -0.2) is 40.8 Å². The predicted molar refractivity (Wildman–Crippen MR) is 78.2 cm³/mol. The molecule has 0 bridgehead atoms. The Kier molecular flexibility index (Phi) is 3.69. The number of benzene rings is 1. The molecule has 0 spiro atoms. The summed E-state index contributed by atoms with van der Waals surface area (Å²) in [5, 5.41) is 1.60. The summed E-state index contributed by atoms with van der Waals surface area (Å²) in [7, 11) is 0. The van der Waals surface area contributed by atoms with Crippen LogP contribution in [0.2, 0.25) is 0 Å². The summed E-state index contributed by atoms with van der Waals surface area (Å²) in [6.45, 7) is 6.18. The fourth-order valence-electron chi connectivity index (χ4n) is 2.70. The second kappa shape index (κ2) is 5.25. The molecular weight excluding hydrogens is 246 g/mol. The van der Waals surface area contributed by atoms with E-state index in [1.807, 2.05) is 0 Å². The van der Waals surface area contributed by atoms with Crippen molar-refractivity contribution in [1.82, 2.24) is 4.90 Å². The Bertz CT molecular complexity index is 369. The van der Waals surface area contributed by atoms with Crippen LogP contribution in [0, 0.1) is 0 Å². The van der Waals surface area contributed by atoms with E-state index >= 15 is 0 Å². The summed E-state index contributed by atoms with van der Waals surface area (Å²) >= 11 is 4.20. The van der Waals surface area contributed by atoms with Gasteiger partial charge in [-0.2, -0.15) is 11.8 Å². The van der Waals surface area contributed by atoms with Crippen molar-refractivity contribution in [3.05, 3.63) is 29.8 Å². The minimum atomic E-state index is 0.780. The molecule has 3 heteroatoms. The smallest absolute Gasteiger partial charge is 0.0263 e. The maximum absolute atomic E-state index is 2.66. The Labute approximate surface area is 112 Å². The molecule has 2 atom stereocenters. The standard InChI is InChI=1S/C14H19NS2/c1-11-9-15(6-7-16-11)10-13-8-12-4-2-3-5-14(12)17-13/h2-5,11,13H,6-10H2,1H3. The van der Waals surface area contributed by atoms with E-state index < -0.39 is 0 Å². The maximum Gasteiger partial charge on any atom is 0.0263 e. The molecule has 1 fully saturated rings. The summed E-state index contributed by atoms with van der Waals surface area (Å²) in [6, 6.07) is 8.89. The molecule has 0 saturated carbocycles. The molecule has 2 aliphatic rings. The zero-order valence-corrected chi connectivity index (χ0v) is 11.9. The number of fused-ring (bicyclic) bond motifs is 1. The Morgan fingerprint density at radius 2 is 2.24 bits per heavy atom. The SMILES string of the molecule is CC1CN(CC2Cc3ccccc3S2)CCS1. The van der Waals surface area contributed by atoms with Crippen LogP contribution in [0.25, 0.3) is 0 Å². The van der Waals surface area contributed by atoms with Gasteiger partial charge in [0, 0.05) is 40.8 Å². The van der Waals surface area contributed by atoms with Crippen LogP contribution >= 0.6 is 23.5 Å². The normalized spacial score (nSPS) is 29.2. The molecule has 0 radical (unpaired) electrons. The van der Waals surface area contributed by atoms with Crippen LogP contribution < -0.4 is 0 Å².